The molecule has 1 aromatic heterocycles. The molecule has 0 fully saturated rings. The van der Waals surface area contributed by atoms with Crippen molar-refractivity contribution in [3.8, 4) is 16.3 Å². The molecular weight excluding hydrogens is 380 g/mol. The fourth-order valence-corrected chi connectivity index (χ4v) is 5.90. The molecule has 2 aromatic carbocycles. The molecular formula is C20H20N2O3S2. The first kappa shape index (κ1) is 18.2. The van der Waals surface area contributed by atoms with Crippen LogP contribution in [0, 0.1) is 6.92 Å². The van der Waals surface area contributed by atoms with Crippen LogP contribution in [0.25, 0.3) is 10.6 Å². The summed E-state index contributed by atoms with van der Waals surface area (Å²) in [5, 5.41) is 0.897. The van der Waals surface area contributed by atoms with Crippen LogP contribution in [0.15, 0.2) is 53.4 Å². The Labute approximate surface area is 163 Å². The van der Waals surface area contributed by atoms with E-state index in [0.29, 0.717) is 24.4 Å². The number of thiazole rings is 1. The number of rotatable bonds is 4. The van der Waals surface area contributed by atoms with Crippen molar-refractivity contribution in [1.29, 1.82) is 0 Å². The number of aryl methyl sites for hydroxylation is 1. The first-order valence-corrected chi connectivity index (χ1v) is 10.9. The Kier molecular flexibility index (Phi) is 4.75. The van der Waals surface area contributed by atoms with Crippen LogP contribution in [0.4, 0.5) is 0 Å². The van der Waals surface area contributed by atoms with Crippen molar-refractivity contribution in [3.05, 3.63) is 64.7 Å². The van der Waals surface area contributed by atoms with E-state index in [4.69, 9.17) is 9.72 Å². The van der Waals surface area contributed by atoms with E-state index in [-0.39, 0.29) is 0 Å². The van der Waals surface area contributed by atoms with E-state index >= 15 is 0 Å². The van der Waals surface area contributed by atoms with Crippen LogP contribution in [0.5, 0.6) is 5.75 Å². The summed E-state index contributed by atoms with van der Waals surface area (Å²) < 4.78 is 32.8. The van der Waals surface area contributed by atoms with E-state index in [0.717, 1.165) is 32.5 Å². The standard InChI is InChI=1S/C20H20N2O3S2/c1-14-5-3-8-17(11-14)27(23,24)22-10-9-18-19(13-22)26-20(21-18)15-6-4-7-16(12-15)25-2/h3-8,11-12H,9-10,13H2,1-2H3. The highest BCUT2D eigenvalue weighted by Crippen LogP contribution is 2.34. The van der Waals surface area contributed by atoms with Gasteiger partial charge in [0.25, 0.3) is 0 Å². The summed E-state index contributed by atoms with van der Waals surface area (Å²) in [7, 11) is -1.86. The van der Waals surface area contributed by atoms with Gasteiger partial charge in [-0.2, -0.15) is 4.31 Å². The molecule has 2 heterocycles. The Morgan fingerprint density at radius 1 is 1.15 bits per heavy atom. The first-order chi connectivity index (χ1) is 13.0. The number of hydrogen-bond acceptors (Lipinski definition) is 5. The van der Waals surface area contributed by atoms with Crippen LogP contribution in [0.3, 0.4) is 0 Å². The normalized spacial score (nSPS) is 14.7. The second kappa shape index (κ2) is 7.07. The molecule has 5 nitrogen and oxygen atoms in total. The van der Waals surface area contributed by atoms with Crippen molar-refractivity contribution in [2.24, 2.45) is 0 Å². The predicted octanol–water partition coefficient (Wildman–Crippen LogP) is 3.87. The molecule has 0 amide bonds. The summed E-state index contributed by atoms with van der Waals surface area (Å²) in [5.41, 5.74) is 2.92. The zero-order valence-electron chi connectivity index (χ0n) is 15.2. The topological polar surface area (TPSA) is 59.5 Å². The van der Waals surface area contributed by atoms with Crippen molar-refractivity contribution >= 4 is 21.4 Å². The smallest absolute Gasteiger partial charge is 0.243 e. The largest absolute Gasteiger partial charge is 0.497 e. The van der Waals surface area contributed by atoms with E-state index < -0.39 is 10.0 Å². The van der Waals surface area contributed by atoms with E-state index in [2.05, 4.69) is 0 Å². The second-order valence-corrected chi connectivity index (χ2v) is 9.55. The fraction of sp³-hybridized carbons (Fsp3) is 0.250. The lowest BCUT2D eigenvalue weighted by Crippen LogP contribution is -2.35. The maximum atomic E-state index is 13.0. The lowest BCUT2D eigenvalue weighted by atomic mass is 10.2. The summed E-state index contributed by atoms with van der Waals surface area (Å²) in [5.74, 6) is 0.782. The number of benzene rings is 2. The molecule has 140 valence electrons. The van der Waals surface area contributed by atoms with Gasteiger partial charge in [0.1, 0.15) is 10.8 Å². The van der Waals surface area contributed by atoms with Gasteiger partial charge in [0, 0.05) is 23.4 Å². The average Bonchev–Trinajstić information content (AvgIpc) is 3.11. The van der Waals surface area contributed by atoms with Gasteiger partial charge in [0.2, 0.25) is 10.0 Å². The van der Waals surface area contributed by atoms with Gasteiger partial charge in [-0.05, 0) is 36.8 Å². The molecule has 7 heteroatoms. The van der Waals surface area contributed by atoms with Crippen LogP contribution < -0.4 is 4.74 Å². The number of hydrogen-bond donors (Lipinski definition) is 0. The summed E-state index contributed by atoms with van der Waals surface area (Å²) >= 11 is 1.55. The molecule has 27 heavy (non-hydrogen) atoms. The Balaban J connectivity index is 1.63. The molecule has 0 atom stereocenters. The maximum Gasteiger partial charge on any atom is 0.243 e. The monoisotopic (exact) mass is 400 g/mol. The Morgan fingerprint density at radius 3 is 2.74 bits per heavy atom. The third-order valence-corrected chi connectivity index (χ3v) is 7.61. The molecule has 0 N–H and O–H groups in total. The molecule has 3 aromatic rings. The second-order valence-electron chi connectivity index (χ2n) is 6.53. The molecule has 1 aliphatic rings. The Hall–Kier alpha value is -2.22. The number of nitrogens with zero attached hydrogens (tertiary/aromatic N) is 2. The van der Waals surface area contributed by atoms with Crippen molar-refractivity contribution in [2.45, 2.75) is 24.8 Å². The quantitative estimate of drug-likeness (QED) is 0.667. The van der Waals surface area contributed by atoms with Gasteiger partial charge in [-0.25, -0.2) is 13.4 Å². The highest BCUT2D eigenvalue weighted by molar-refractivity contribution is 7.89. The van der Waals surface area contributed by atoms with Crippen LogP contribution in [0.1, 0.15) is 16.1 Å². The van der Waals surface area contributed by atoms with Crippen LogP contribution in [-0.4, -0.2) is 31.4 Å². The highest BCUT2D eigenvalue weighted by Gasteiger charge is 2.30. The van der Waals surface area contributed by atoms with Crippen LogP contribution >= 0.6 is 11.3 Å². The molecule has 0 unspecified atom stereocenters. The maximum absolute atomic E-state index is 13.0. The summed E-state index contributed by atoms with van der Waals surface area (Å²) in [6, 6.07) is 14.8. The Bertz CT molecular complexity index is 1090. The van der Waals surface area contributed by atoms with Crippen LogP contribution in [-0.2, 0) is 23.0 Å². The third-order valence-electron chi connectivity index (χ3n) is 4.64. The summed E-state index contributed by atoms with van der Waals surface area (Å²) in [6.07, 6.45) is 0.626. The van der Waals surface area contributed by atoms with Gasteiger partial charge in [-0.3, -0.25) is 0 Å². The molecule has 1 aliphatic heterocycles. The molecule has 4 rings (SSSR count). The summed E-state index contributed by atoms with van der Waals surface area (Å²) in [4.78, 5) is 6.10. The number of aromatic nitrogens is 1. The molecule has 0 saturated carbocycles. The van der Waals surface area contributed by atoms with Gasteiger partial charge < -0.3 is 4.74 Å². The lowest BCUT2D eigenvalue weighted by Gasteiger charge is -2.25. The zero-order valence-corrected chi connectivity index (χ0v) is 16.8. The first-order valence-electron chi connectivity index (χ1n) is 8.67. The minimum atomic E-state index is -3.50. The minimum absolute atomic E-state index is 0.350. The van der Waals surface area contributed by atoms with Crippen molar-refractivity contribution in [3.63, 3.8) is 0 Å². The van der Waals surface area contributed by atoms with Gasteiger partial charge >= 0.3 is 0 Å². The van der Waals surface area contributed by atoms with Crippen molar-refractivity contribution in [1.82, 2.24) is 9.29 Å². The zero-order chi connectivity index (χ0) is 19.0. The van der Waals surface area contributed by atoms with E-state index in [9.17, 15) is 8.42 Å². The van der Waals surface area contributed by atoms with Crippen molar-refractivity contribution < 1.29 is 13.2 Å². The number of fused-ring (bicyclic) bond motifs is 1. The summed E-state index contributed by atoms with van der Waals surface area (Å²) in [6.45, 7) is 2.72. The molecule has 0 bridgehead atoms. The predicted molar refractivity (Wildman–Crippen MR) is 107 cm³/mol. The van der Waals surface area contributed by atoms with E-state index in [1.54, 1.807) is 41.0 Å². The SMILES string of the molecule is COc1cccc(-c2nc3c(s2)CN(S(=O)(=O)c2cccc(C)c2)CC3)c1. The minimum Gasteiger partial charge on any atom is -0.497 e. The molecule has 0 radical (unpaired) electrons. The average molecular weight is 401 g/mol. The number of sulfonamides is 1. The molecule has 0 aliphatic carbocycles. The van der Waals surface area contributed by atoms with E-state index in [1.165, 1.54) is 0 Å². The highest BCUT2D eigenvalue weighted by atomic mass is 32.2. The van der Waals surface area contributed by atoms with Gasteiger partial charge in [0.05, 0.1) is 24.2 Å². The fourth-order valence-electron chi connectivity index (χ4n) is 3.18. The number of methoxy groups -OCH3 is 1. The third kappa shape index (κ3) is 3.50. The van der Waals surface area contributed by atoms with Crippen LogP contribution in [0.2, 0.25) is 0 Å². The Morgan fingerprint density at radius 2 is 1.96 bits per heavy atom. The molecule has 0 saturated heterocycles. The van der Waals surface area contributed by atoms with E-state index in [1.807, 2.05) is 37.3 Å². The van der Waals surface area contributed by atoms with Gasteiger partial charge in [0.15, 0.2) is 0 Å². The number of ether oxygens (including phenoxy) is 1. The van der Waals surface area contributed by atoms with Gasteiger partial charge in [-0.1, -0.05) is 24.3 Å². The van der Waals surface area contributed by atoms with Gasteiger partial charge in [-0.15, -0.1) is 11.3 Å². The lowest BCUT2D eigenvalue weighted by molar-refractivity contribution is 0.393. The van der Waals surface area contributed by atoms with Crippen molar-refractivity contribution in [2.75, 3.05) is 13.7 Å². The molecule has 0 spiro atoms.